The molecule has 0 fully saturated rings. The second kappa shape index (κ2) is 11.7. The minimum absolute atomic E-state index is 0.00520. The highest BCUT2D eigenvalue weighted by molar-refractivity contribution is 4.47. The van der Waals surface area contributed by atoms with Crippen LogP contribution >= 0.6 is 0 Å². The zero-order chi connectivity index (χ0) is 14.6. The third-order valence-electron chi connectivity index (χ3n) is 3.35. The lowest BCUT2D eigenvalue weighted by atomic mass is 10.1. The van der Waals surface area contributed by atoms with Gasteiger partial charge < -0.3 is 5.21 Å². The van der Waals surface area contributed by atoms with Gasteiger partial charge in [-0.1, -0.05) is 58.3 Å². The molecule has 0 saturated carbocycles. The Morgan fingerprint density at radius 3 is 1.68 bits per heavy atom. The molecule has 1 unspecified atom stereocenters. The van der Waals surface area contributed by atoms with E-state index >= 15 is 0 Å². The maximum atomic E-state index is 11.9. The van der Waals surface area contributed by atoms with Gasteiger partial charge in [0.2, 0.25) is 0 Å². The fourth-order valence-corrected chi connectivity index (χ4v) is 2.39. The summed E-state index contributed by atoms with van der Waals surface area (Å²) in [6.45, 7) is 6.65. The van der Waals surface area contributed by atoms with Gasteiger partial charge in [0.05, 0.1) is 7.05 Å². The summed E-state index contributed by atoms with van der Waals surface area (Å²) in [5, 5.41) is 11.9. The maximum absolute atomic E-state index is 11.9. The molecule has 0 aromatic heterocycles. The predicted molar refractivity (Wildman–Crippen MR) is 82.5 cm³/mol. The molecule has 3 nitrogen and oxygen atoms in total. The SMILES string of the molecule is CCCCCCCCCCCC[N+](C)([O-])OC(C)C. The molecule has 0 rings (SSSR count). The third-order valence-corrected chi connectivity index (χ3v) is 3.35. The van der Waals surface area contributed by atoms with Crippen LogP contribution in [-0.4, -0.2) is 24.5 Å². The normalized spacial score (nSPS) is 14.8. The van der Waals surface area contributed by atoms with E-state index in [1.165, 1.54) is 51.4 Å². The van der Waals surface area contributed by atoms with Gasteiger partial charge in [-0.15, -0.1) is 0 Å². The molecular formula is C16H35NO2. The summed E-state index contributed by atoms with van der Waals surface area (Å²) in [5.41, 5.74) is 0. The van der Waals surface area contributed by atoms with Crippen LogP contribution in [0.15, 0.2) is 0 Å². The number of hydrogen-bond acceptors (Lipinski definition) is 2. The van der Waals surface area contributed by atoms with Gasteiger partial charge in [-0.3, -0.25) is 0 Å². The van der Waals surface area contributed by atoms with E-state index in [1.807, 2.05) is 13.8 Å². The zero-order valence-corrected chi connectivity index (χ0v) is 13.6. The van der Waals surface area contributed by atoms with Crippen molar-refractivity contribution < 1.29 is 9.65 Å². The standard InChI is InChI=1S/C16H35NO2/c1-5-6-7-8-9-10-11-12-13-14-15-17(4,18)19-16(2)3/h16H,5-15H2,1-4H3. The van der Waals surface area contributed by atoms with E-state index in [9.17, 15) is 5.21 Å². The minimum Gasteiger partial charge on any atom is -0.598 e. The van der Waals surface area contributed by atoms with Crippen LogP contribution in [0.4, 0.5) is 0 Å². The molecule has 0 aliphatic rings. The summed E-state index contributed by atoms with van der Waals surface area (Å²) in [7, 11) is 1.60. The number of rotatable bonds is 13. The van der Waals surface area contributed by atoms with Gasteiger partial charge in [0, 0.05) is 0 Å². The lowest BCUT2D eigenvalue weighted by Crippen LogP contribution is -2.40. The average Bonchev–Trinajstić information content (AvgIpc) is 2.30. The van der Waals surface area contributed by atoms with Gasteiger partial charge in [0.1, 0.15) is 12.6 Å². The number of quaternary nitrogens is 1. The van der Waals surface area contributed by atoms with Crippen LogP contribution in [0.3, 0.4) is 0 Å². The molecule has 0 spiro atoms. The molecule has 0 radical (unpaired) electrons. The highest BCUT2D eigenvalue weighted by Crippen LogP contribution is 2.12. The molecule has 1 atom stereocenters. The molecule has 0 aromatic rings. The quantitative estimate of drug-likeness (QED) is 0.263. The van der Waals surface area contributed by atoms with Crippen molar-refractivity contribution in [2.24, 2.45) is 0 Å². The summed E-state index contributed by atoms with van der Waals surface area (Å²) >= 11 is 0. The van der Waals surface area contributed by atoms with Gasteiger partial charge in [0.15, 0.2) is 0 Å². The van der Waals surface area contributed by atoms with Crippen molar-refractivity contribution in [1.82, 2.24) is 0 Å². The molecule has 0 saturated heterocycles. The van der Waals surface area contributed by atoms with Gasteiger partial charge in [0.25, 0.3) is 0 Å². The Balaban J connectivity index is 3.26. The Kier molecular flexibility index (Phi) is 11.6. The summed E-state index contributed by atoms with van der Waals surface area (Å²) in [6.07, 6.45) is 13.0. The van der Waals surface area contributed by atoms with Crippen molar-refractivity contribution in [1.29, 1.82) is 0 Å². The first-order valence-corrected chi connectivity index (χ1v) is 8.23. The van der Waals surface area contributed by atoms with Crippen LogP contribution in [0.25, 0.3) is 0 Å². The van der Waals surface area contributed by atoms with Crippen molar-refractivity contribution in [3.63, 3.8) is 0 Å². The summed E-state index contributed by atoms with van der Waals surface area (Å²) in [5.74, 6) is 0. The number of unbranched alkanes of at least 4 members (excludes halogenated alkanes) is 9. The molecular weight excluding hydrogens is 238 g/mol. The van der Waals surface area contributed by atoms with Crippen molar-refractivity contribution in [3.05, 3.63) is 5.21 Å². The Morgan fingerprint density at radius 2 is 1.26 bits per heavy atom. The van der Waals surface area contributed by atoms with Crippen molar-refractivity contribution >= 4 is 0 Å². The van der Waals surface area contributed by atoms with Gasteiger partial charge in [-0.05, 0) is 26.7 Å². The van der Waals surface area contributed by atoms with Crippen LogP contribution in [0.1, 0.15) is 85.0 Å². The summed E-state index contributed by atoms with van der Waals surface area (Å²) in [6, 6.07) is 0. The molecule has 0 aromatic carbocycles. The molecule has 0 aliphatic carbocycles. The van der Waals surface area contributed by atoms with Crippen molar-refractivity contribution in [2.75, 3.05) is 13.6 Å². The van der Waals surface area contributed by atoms with Crippen LogP contribution in [0.2, 0.25) is 0 Å². The highest BCUT2D eigenvalue weighted by atomic mass is 16.9. The molecule has 0 amide bonds. The van der Waals surface area contributed by atoms with Gasteiger partial charge in [-0.25, -0.2) is 9.65 Å². The second-order valence-electron chi connectivity index (χ2n) is 6.07. The Hall–Kier alpha value is -0.120. The van der Waals surface area contributed by atoms with E-state index in [1.54, 1.807) is 7.05 Å². The van der Waals surface area contributed by atoms with Crippen LogP contribution in [-0.2, 0) is 4.84 Å². The molecule has 0 N–H and O–H groups in total. The van der Waals surface area contributed by atoms with E-state index in [0.29, 0.717) is 6.54 Å². The smallest absolute Gasteiger partial charge is 0.112 e. The van der Waals surface area contributed by atoms with E-state index in [4.69, 9.17) is 4.84 Å². The molecule has 0 aliphatic heterocycles. The molecule has 0 heterocycles. The number of hydrogen-bond donors (Lipinski definition) is 0. The van der Waals surface area contributed by atoms with E-state index in [0.717, 1.165) is 12.8 Å². The first-order valence-electron chi connectivity index (χ1n) is 8.23. The van der Waals surface area contributed by atoms with Crippen LogP contribution < -0.4 is 0 Å². The van der Waals surface area contributed by atoms with Crippen molar-refractivity contribution in [2.45, 2.75) is 91.1 Å². The summed E-state index contributed by atoms with van der Waals surface area (Å²) in [4.78, 5) is 4.76. The second-order valence-corrected chi connectivity index (χ2v) is 6.07. The van der Waals surface area contributed by atoms with E-state index in [2.05, 4.69) is 6.92 Å². The number of nitrogens with zero attached hydrogens (tertiary/aromatic N) is 1. The highest BCUT2D eigenvalue weighted by Gasteiger charge is 2.13. The van der Waals surface area contributed by atoms with E-state index < -0.39 is 4.81 Å². The molecule has 116 valence electrons. The topological polar surface area (TPSA) is 32.3 Å². The third kappa shape index (κ3) is 14.1. The molecule has 0 bridgehead atoms. The van der Waals surface area contributed by atoms with Crippen molar-refractivity contribution in [3.8, 4) is 0 Å². The fourth-order valence-electron chi connectivity index (χ4n) is 2.39. The van der Waals surface area contributed by atoms with Crippen LogP contribution in [0, 0.1) is 5.21 Å². The molecule has 19 heavy (non-hydrogen) atoms. The first-order chi connectivity index (χ1) is 8.98. The average molecular weight is 273 g/mol. The Morgan fingerprint density at radius 1 is 0.842 bits per heavy atom. The molecule has 3 heteroatoms. The predicted octanol–water partition coefficient (Wildman–Crippen LogP) is 5.19. The first kappa shape index (κ1) is 18.9. The lowest BCUT2D eigenvalue weighted by molar-refractivity contribution is -1.06. The van der Waals surface area contributed by atoms with Gasteiger partial charge >= 0.3 is 0 Å². The van der Waals surface area contributed by atoms with Gasteiger partial charge in [-0.2, -0.15) is 0 Å². The Bertz CT molecular complexity index is 193. The van der Waals surface area contributed by atoms with Crippen LogP contribution in [0.5, 0.6) is 0 Å². The minimum atomic E-state index is -0.547. The van der Waals surface area contributed by atoms with E-state index in [-0.39, 0.29) is 6.10 Å². The Labute approximate surface area is 120 Å². The maximum Gasteiger partial charge on any atom is 0.112 e. The monoisotopic (exact) mass is 273 g/mol. The summed E-state index contributed by atoms with van der Waals surface area (Å²) < 4.78 is 0. The zero-order valence-electron chi connectivity index (χ0n) is 13.6. The fraction of sp³-hybridized carbons (Fsp3) is 1.00. The largest absolute Gasteiger partial charge is 0.598 e. The number of hydroxylamine groups is 4. The lowest BCUT2D eigenvalue weighted by Gasteiger charge is -2.36.